The third-order valence-corrected chi connectivity index (χ3v) is 3.79. The van der Waals surface area contributed by atoms with Gasteiger partial charge in [-0.1, -0.05) is 35.9 Å². The molecule has 0 saturated carbocycles. The lowest BCUT2D eigenvalue weighted by molar-refractivity contribution is -0.384. The van der Waals surface area contributed by atoms with E-state index in [9.17, 15) is 10.1 Å². The number of nitrogens with one attached hydrogen (secondary N) is 1. The predicted octanol–water partition coefficient (Wildman–Crippen LogP) is 3.50. The van der Waals surface area contributed by atoms with Crippen LogP contribution < -0.4 is 5.32 Å². The lowest BCUT2D eigenvalue weighted by atomic mass is 10.1. The molecule has 0 unspecified atom stereocenters. The number of anilines is 1. The molecule has 0 fully saturated rings. The Hall–Kier alpha value is -2.93. The van der Waals surface area contributed by atoms with Gasteiger partial charge in [0.2, 0.25) is 0 Å². The SMILES string of the molecule is O=[N+]([O-])c1ccc(NCc2ccc(Cn3cncn3)cc2)c(Cl)c1. The number of nitrogens with zero attached hydrogens (tertiary/aromatic N) is 4. The molecule has 0 amide bonds. The average molecular weight is 344 g/mol. The van der Waals surface area contributed by atoms with Crippen molar-refractivity contribution in [2.75, 3.05) is 5.32 Å². The van der Waals surface area contributed by atoms with Gasteiger partial charge in [0.25, 0.3) is 5.69 Å². The third kappa shape index (κ3) is 3.88. The van der Waals surface area contributed by atoms with Crippen LogP contribution in [0.3, 0.4) is 0 Å². The molecule has 0 saturated heterocycles. The Morgan fingerprint density at radius 3 is 2.54 bits per heavy atom. The van der Waals surface area contributed by atoms with Crippen LogP contribution in [0.25, 0.3) is 0 Å². The molecular weight excluding hydrogens is 330 g/mol. The van der Waals surface area contributed by atoms with Gasteiger partial charge >= 0.3 is 0 Å². The van der Waals surface area contributed by atoms with Crippen molar-refractivity contribution in [3.05, 3.63) is 81.4 Å². The number of hydrogen-bond acceptors (Lipinski definition) is 5. The van der Waals surface area contributed by atoms with Crippen LogP contribution in [0.4, 0.5) is 11.4 Å². The van der Waals surface area contributed by atoms with Gasteiger partial charge in [0.1, 0.15) is 12.7 Å². The maximum absolute atomic E-state index is 10.7. The van der Waals surface area contributed by atoms with Crippen molar-refractivity contribution in [2.24, 2.45) is 0 Å². The smallest absolute Gasteiger partial charge is 0.271 e. The Kier molecular flexibility index (Phi) is 4.72. The van der Waals surface area contributed by atoms with Crippen LogP contribution in [-0.4, -0.2) is 19.7 Å². The molecule has 0 spiro atoms. The molecule has 3 aromatic rings. The van der Waals surface area contributed by atoms with Crippen molar-refractivity contribution in [1.29, 1.82) is 0 Å². The van der Waals surface area contributed by atoms with Gasteiger partial charge in [-0.25, -0.2) is 9.67 Å². The lowest BCUT2D eigenvalue weighted by Gasteiger charge is -2.09. The highest BCUT2D eigenvalue weighted by Gasteiger charge is 2.09. The van der Waals surface area contributed by atoms with Crippen LogP contribution in [0.1, 0.15) is 11.1 Å². The first-order valence-electron chi connectivity index (χ1n) is 7.20. The Morgan fingerprint density at radius 1 is 1.17 bits per heavy atom. The molecule has 0 atom stereocenters. The summed E-state index contributed by atoms with van der Waals surface area (Å²) in [4.78, 5) is 14.1. The molecule has 1 aromatic heterocycles. The summed E-state index contributed by atoms with van der Waals surface area (Å²) in [6, 6.07) is 12.4. The van der Waals surface area contributed by atoms with Gasteiger partial charge in [-0.3, -0.25) is 10.1 Å². The Balaban J connectivity index is 1.61. The molecule has 1 heterocycles. The summed E-state index contributed by atoms with van der Waals surface area (Å²) >= 11 is 6.06. The van der Waals surface area contributed by atoms with E-state index in [4.69, 9.17) is 11.6 Å². The fraction of sp³-hybridized carbons (Fsp3) is 0.125. The number of halogens is 1. The molecule has 7 nitrogen and oxygen atoms in total. The average Bonchev–Trinajstić information content (AvgIpc) is 3.08. The van der Waals surface area contributed by atoms with Gasteiger partial charge in [-0.2, -0.15) is 5.10 Å². The highest BCUT2D eigenvalue weighted by Crippen LogP contribution is 2.27. The molecule has 0 aliphatic carbocycles. The normalized spacial score (nSPS) is 10.5. The summed E-state index contributed by atoms with van der Waals surface area (Å²) < 4.78 is 1.75. The van der Waals surface area contributed by atoms with E-state index in [1.165, 1.54) is 18.5 Å². The monoisotopic (exact) mass is 343 g/mol. The van der Waals surface area contributed by atoms with Gasteiger partial charge < -0.3 is 5.32 Å². The Bertz CT molecular complexity index is 834. The molecule has 0 radical (unpaired) electrons. The van der Waals surface area contributed by atoms with E-state index in [1.54, 1.807) is 17.1 Å². The summed E-state index contributed by atoms with van der Waals surface area (Å²) in [6.45, 7) is 1.24. The summed E-state index contributed by atoms with van der Waals surface area (Å²) in [6.07, 6.45) is 3.18. The standard InChI is InChI=1S/C16H14ClN5O2/c17-15-7-14(22(23)24)5-6-16(15)19-8-12-1-3-13(4-2-12)9-21-11-18-10-20-21/h1-7,10-11,19H,8-9H2. The number of rotatable bonds is 6. The zero-order valence-electron chi connectivity index (χ0n) is 12.6. The maximum atomic E-state index is 10.7. The van der Waals surface area contributed by atoms with Crippen LogP contribution in [0.5, 0.6) is 0 Å². The van der Waals surface area contributed by atoms with E-state index in [-0.39, 0.29) is 5.69 Å². The molecule has 24 heavy (non-hydrogen) atoms. The minimum Gasteiger partial charge on any atom is -0.380 e. The largest absolute Gasteiger partial charge is 0.380 e. The number of non-ortho nitro benzene ring substituents is 1. The predicted molar refractivity (Wildman–Crippen MR) is 91.0 cm³/mol. The second-order valence-corrected chi connectivity index (χ2v) is 5.59. The van der Waals surface area contributed by atoms with E-state index < -0.39 is 4.92 Å². The van der Waals surface area contributed by atoms with Crippen LogP contribution >= 0.6 is 11.6 Å². The van der Waals surface area contributed by atoms with Crippen molar-refractivity contribution >= 4 is 23.0 Å². The van der Waals surface area contributed by atoms with Gasteiger partial charge in [-0.15, -0.1) is 0 Å². The van der Waals surface area contributed by atoms with Crippen LogP contribution in [0.2, 0.25) is 5.02 Å². The van der Waals surface area contributed by atoms with Crippen molar-refractivity contribution in [2.45, 2.75) is 13.1 Å². The number of hydrogen-bond donors (Lipinski definition) is 1. The fourth-order valence-corrected chi connectivity index (χ4v) is 2.46. The summed E-state index contributed by atoms with van der Waals surface area (Å²) in [5.74, 6) is 0. The summed E-state index contributed by atoms with van der Waals surface area (Å²) in [5.41, 5.74) is 2.83. The molecular formula is C16H14ClN5O2. The Labute approximate surface area is 143 Å². The molecule has 0 aliphatic heterocycles. The molecule has 2 aromatic carbocycles. The van der Waals surface area contributed by atoms with E-state index in [1.807, 2.05) is 24.3 Å². The summed E-state index contributed by atoms with van der Waals surface area (Å²) in [7, 11) is 0. The van der Waals surface area contributed by atoms with Gasteiger partial charge in [0.15, 0.2) is 0 Å². The molecule has 1 N–H and O–H groups in total. The molecule has 8 heteroatoms. The quantitative estimate of drug-likeness (QED) is 0.547. The van der Waals surface area contributed by atoms with Crippen molar-refractivity contribution in [3.8, 4) is 0 Å². The van der Waals surface area contributed by atoms with Gasteiger partial charge in [0, 0.05) is 18.7 Å². The minimum atomic E-state index is -0.469. The van der Waals surface area contributed by atoms with Crippen molar-refractivity contribution in [1.82, 2.24) is 14.8 Å². The third-order valence-electron chi connectivity index (χ3n) is 3.48. The molecule has 3 rings (SSSR count). The van der Waals surface area contributed by atoms with Crippen LogP contribution in [-0.2, 0) is 13.1 Å². The first-order chi connectivity index (χ1) is 11.6. The molecule has 0 bridgehead atoms. The minimum absolute atomic E-state index is 0.0250. The topological polar surface area (TPSA) is 85.9 Å². The van der Waals surface area contributed by atoms with Crippen LogP contribution in [0.15, 0.2) is 55.1 Å². The number of aromatic nitrogens is 3. The Morgan fingerprint density at radius 2 is 1.92 bits per heavy atom. The van der Waals surface area contributed by atoms with Crippen molar-refractivity contribution in [3.63, 3.8) is 0 Å². The number of nitro benzene ring substituents is 1. The molecule has 122 valence electrons. The van der Waals surface area contributed by atoms with Crippen LogP contribution in [0, 0.1) is 10.1 Å². The highest BCUT2D eigenvalue weighted by molar-refractivity contribution is 6.33. The van der Waals surface area contributed by atoms with Gasteiger partial charge in [0.05, 0.1) is 22.2 Å². The second-order valence-electron chi connectivity index (χ2n) is 5.18. The molecule has 0 aliphatic rings. The second kappa shape index (κ2) is 7.10. The summed E-state index contributed by atoms with van der Waals surface area (Å²) in [5, 5.41) is 18.3. The zero-order valence-corrected chi connectivity index (χ0v) is 13.3. The number of nitro groups is 1. The van der Waals surface area contributed by atoms with E-state index >= 15 is 0 Å². The maximum Gasteiger partial charge on any atom is 0.271 e. The lowest BCUT2D eigenvalue weighted by Crippen LogP contribution is -2.02. The van der Waals surface area contributed by atoms with E-state index in [0.717, 1.165) is 11.1 Å². The number of benzene rings is 2. The van der Waals surface area contributed by atoms with Crippen molar-refractivity contribution < 1.29 is 4.92 Å². The zero-order chi connectivity index (χ0) is 16.9. The van der Waals surface area contributed by atoms with E-state index in [2.05, 4.69) is 15.4 Å². The van der Waals surface area contributed by atoms with Gasteiger partial charge in [-0.05, 0) is 17.2 Å². The first-order valence-corrected chi connectivity index (χ1v) is 7.57. The highest BCUT2D eigenvalue weighted by atomic mass is 35.5. The van der Waals surface area contributed by atoms with E-state index in [0.29, 0.717) is 23.8 Å². The fourth-order valence-electron chi connectivity index (χ4n) is 2.22. The first kappa shape index (κ1) is 15.9.